The van der Waals surface area contributed by atoms with Crippen LogP contribution in [0.3, 0.4) is 0 Å². The molecule has 6 nitrogen and oxygen atoms in total. The Balaban J connectivity index is 2.27. The van der Waals surface area contributed by atoms with E-state index in [0.29, 0.717) is 17.9 Å². The van der Waals surface area contributed by atoms with Gasteiger partial charge >= 0.3 is 6.18 Å². The average Bonchev–Trinajstić information content (AvgIpc) is 2.91. The summed E-state index contributed by atoms with van der Waals surface area (Å²) in [5, 5.41) is 11.0. The van der Waals surface area contributed by atoms with Crippen molar-refractivity contribution in [1.82, 2.24) is 4.90 Å². The number of benzene rings is 1. The summed E-state index contributed by atoms with van der Waals surface area (Å²) in [6, 6.07) is 5.46. The summed E-state index contributed by atoms with van der Waals surface area (Å²) < 4.78 is 43.8. The van der Waals surface area contributed by atoms with Crippen LogP contribution in [-0.4, -0.2) is 41.2 Å². The zero-order valence-electron chi connectivity index (χ0n) is 13.0. The highest BCUT2D eigenvalue weighted by molar-refractivity contribution is 5.80. The van der Waals surface area contributed by atoms with Crippen molar-refractivity contribution in [3.63, 3.8) is 0 Å². The van der Waals surface area contributed by atoms with Gasteiger partial charge in [-0.2, -0.15) is 13.2 Å². The van der Waals surface area contributed by atoms with E-state index < -0.39 is 42.1 Å². The van der Waals surface area contributed by atoms with Gasteiger partial charge in [0.1, 0.15) is 6.54 Å². The molecule has 1 saturated heterocycles. The highest BCUT2D eigenvalue weighted by Crippen LogP contribution is 2.28. The second-order valence-corrected chi connectivity index (χ2v) is 5.67. The van der Waals surface area contributed by atoms with Crippen molar-refractivity contribution in [2.45, 2.75) is 32.2 Å². The first-order chi connectivity index (χ1) is 11.2. The number of halogens is 3. The first-order valence-corrected chi connectivity index (χ1v) is 7.38. The molecule has 1 aliphatic heterocycles. The van der Waals surface area contributed by atoms with Crippen LogP contribution in [-0.2, 0) is 16.1 Å². The van der Waals surface area contributed by atoms with Crippen molar-refractivity contribution in [1.29, 1.82) is 0 Å². The van der Waals surface area contributed by atoms with Crippen molar-refractivity contribution in [2.24, 2.45) is 5.92 Å². The number of carbonyl (C=O) groups excluding carboxylic acids is 1. The van der Waals surface area contributed by atoms with E-state index in [-0.39, 0.29) is 11.3 Å². The van der Waals surface area contributed by atoms with Crippen LogP contribution in [0.1, 0.15) is 18.9 Å². The Labute approximate surface area is 136 Å². The number of nitro benzene ring substituents is 1. The lowest BCUT2D eigenvalue weighted by atomic mass is 10.0. The maximum atomic E-state index is 12.9. The molecule has 2 atom stereocenters. The predicted octanol–water partition coefficient (Wildman–Crippen LogP) is 2.91. The molecular weight excluding hydrogens is 329 g/mol. The summed E-state index contributed by atoms with van der Waals surface area (Å²) in [6.45, 7) is 0.00897. The van der Waals surface area contributed by atoms with E-state index in [9.17, 15) is 28.1 Å². The Morgan fingerprint density at radius 3 is 2.62 bits per heavy atom. The zero-order valence-corrected chi connectivity index (χ0v) is 13.0. The topological polar surface area (TPSA) is 72.7 Å². The smallest absolute Gasteiger partial charge is 0.378 e. The quantitative estimate of drug-likeness (QED) is 0.607. The van der Waals surface area contributed by atoms with Gasteiger partial charge in [0.05, 0.1) is 23.5 Å². The van der Waals surface area contributed by atoms with Crippen molar-refractivity contribution < 1.29 is 27.6 Å². The van der Waals surface area contributed by atoms with Crippen LogP contribution in [0.15, 0.2) is 24.3 Å². The number of rotatable bonds is 5. The molecule has 0 saturated carbocycles. The van der Waals surface area contributed by atoms with Crippen LogP contribution in [0.5, 0.6) is 0 Å². The summed E-state index contributed by atoms with van der Waals surface area (Å²) in [5.41, 5.74) is -0.250. The predicted molar refractivity (Wildman–Crippen MR) is 78.1 cm³/mol. The van der Waals surface area contributed by atoms with Gasteiger partial charge in [0.25, 0.3) is 5.69 Å². The molecule has 1 aromatic carbocycles. The molecule has 0 unspecified atom stereocenters. The second-order valence-electron chi connectivity index (χ2n) is 5.67. The maximum absolute atomic E-state index is 12.9. The molecule has 0 bridgehead atoms. The molecule has 24 heavy (non-hydrogen) atoms. The van der Waals surface area contributed by atoms with Gasteiger partial charge in [0.15, 0.2) is 0 Å². The van der Waals surface area contributed by atoms with Crippen LogP contribution < -0.4 is 0 Å². The van der Waals surface area contributed by atoms with E-state index in [1.165, 1.54) is 24.3 Å². The standard InChI is InChI=1S/C15H17F3N2O4/c1-10-12(6-7-24-10)14(21)19(9-15(16,17)18)8-11-4-2-3-5-13(11)20(22)23/h2-5,10,12H,6-9H2,1H3/t10-,12+/m1/s1. The fourth-order valence-electron chi connectivity index (χ4n) is 2.75. The van der Waals surface area contributed by atoms with Crippen molar-refractivity contribution in [3.8, 4) is 0 Å². The Bertz CT molecular complexity index is 621. The lowest BCUT2D eigenvalue weighted by Crippen LogP contribution is -2.43. The Morgan fingerprint density at radius 2 is 2.08 bits per heavy atom. The van der Waals surface area contributed by atoms with Crippen LogP contribution in [0, 0.1) is 16.0 Å². The second kappa shape index (κ2) is 7.16. The highest BCUT2D eigenvalue weighted by Gasteiger charge is 2.39. The number of ether oxygens (including phenoxy) is 1. The van der Waals surface area contributed by atoms with Crippen molar-refractivity contribution in [2.75, 3.05) is 13.2 Å². The molecule has 0 N–H and O–H groups in total. The van der Waals surface area contributed by atoms with Crippen molar-refractivity contribution in [3.05, 3.63) is 39.9 Å². The monoisotopic (exact) mass is 346 g/mol. The minimum absolute atomic E-state index is 0.0617. The van der Waals surface area contributed by atoms with Gasteiger partial charge in [-0.1, -0.05) is 18.2 Å². The largest absolute Gasteiger partial charge is 0.406 e. The van der Waals surface area contributed by atoms with E-state index >= 15 is 0 Å². The highest BCUT2D eigenvalue weighted by atomic mass is 19.4. The third kappa shape index (κ3) is 4.44. The van der Waals surface area contributed by atoms with E-state index in [4.69, 9.17) is 4.74 Å². The molecule has 1 aromatic rings. The SMILES string of the molecule is C[C@H]1OCC[C@@H]1C(=O)N(Cc1ccccc1[N+](=O)[O-])CC(F)(F)F. The summed E-state index contributed by atoms with van der Waals surface area (Å²) >= 11 is 0. The Morgan fingerprint density at radius 1 is 1.42 bits per heavy atom. The zero-order chi connectivity index (χ0) is 17.9. The summed E-state index contributed by atoms with van der Waals surface area (Å²) in [4.78, 5) is 23.5. The molecule has 2 rings (SSSR count). The molecule has 9 heteroatoms. The van der Waals surface area contributed by atoms with Gasteiger partial charge in [-0.15, -0.1) is 0 Å². The minimum atomic E-state index is -4.60. The van der Waals surface area contributed by atoms with Crippen LogP contribution in [0.25, 0.3) is 0 Å². The number of alkyl halides is 3. The van der Waals surface area contributed by atoms with Gasteiger partial charge in [-0.25, -0.2) is 0 Å². The third-order valence-corrected chi connectivity index (χ3v) is 3.92. The fraction of sp³-hybridized carbons (Fsp3) is 0.533. The van der Waals surface area contributed by atoms with Crippen LogP contribution >= 0.6 is 0 Å². The first-order valence-electron chi connectivity index (χ1n) is 7.38. The van der Waals surface area contributed by atoms with Crippen LogP contribution in [0.4, 0.5) is 18.9 Å². The van der Waals surface area contributed by atoms with Crippen LogP contribution in [0.2, 0.25) is 0 Å². The molecule has 0 aliphatic carbocycles. The Kier molecular flexibility index (Phi) is 5.43. The molecule has 0 aromatic heterocycles. The maximum Gasteiger partial charge on any atom is 0.406 e. The number of hydrogen-bond acceptors (Lipinski definition) is 4. The lowest BCUT2D eigenvalue weighted by Gasteiger charge is -2.27. The summed E-state index contributed by atoms with van der Waals surface area (Å²) in [7, 11) is 0. The number of amides is 1. The van der Waals surface area contributed by atoms with Gasteiger partial charge < -0.3 is 9.64 Å². The normalized spacial score (nSPS) is 20.8. The molecule has 132 valence electrons. The van der Waals surface area contributed by atoms with Gasteiger partial charge in [0.2, 0.25) is 5.91 Å². The van der Waals surface area contributed by atoms with E-state index in [1.54, 1.807) is 6.92 Å². The van der Waals surface area contributed by atoms with E-state index in [0.717, 1.165) is 0 Å². The number of carbonyl (C=O) groups is 1. The molecule has 0 spiro atoms. The minimum Gasteiger partial charge on any atom is -0.378 e. The fourth-order valence-corrected chi connectivity index (χ4v) is 2.75. The summed E-state index contributed by atoms with van der Waals surface area (Å²) in [6.07, 6.45) is -4.73. The molecular formula is C15H17F3N2O4. The molecule has 1 amide bonds. The lowest BCUT2D eigenvalue weighted by molar-refractivity contribution is -0.385. The summed E-state index contributed by atoms with van der Waals surface area (Å²) in [5.74, 6) is -1.37. The number of hydrogen-bond donors (Lipinski definition) is 0. The average molecular weight is 346 g/mol. The molecule has 1 aliphatic rings. The Hall–Kier alpha value is -2.16. The van der Waals surface area contributed by atoms with Crippen molar-refractivity contribution >= 4 is 11.6 Å². The first kappa shape index (κ1) is 18.2. The number of para-hydroxylation sites is 1. The van der Waals surface area contributed by atoms with Gasteiger partial charge in [-0.05, 0) is 13.3 Å². The third-order valence-electron chi connectivity index (χ3n) is 3.92. The molecule has 1 fully saturated rings. The number of nitrogens with zero attached hydrogens (tertiary/aromatic N) is 2. The number of nitro groups is 1. The van der Waals surface area contributed by atoms with E-state index in [1.807, 2.05) is 0 Å². The van der Waals surface area contributed by atoms with Gasteiger partial charge in [-0.3, -0.25) is 14.9 Å². The molecule has 0 radical (unpaired) electrons. The van der Waals surface area contributed by atoms with E-state index in [2.05, 4.69) is 0 Å². The van der Waals surface area contributed by atoms with Gasteiger partial charge in [0, 0.05) is 18.2 Å². The molecule has 1 heterocycles.